The molecule has 2 atom stereocenters. The number of benzene rings is 1. The normalized spacial score (nSPS) is 13.6. The lowest BCUT2D eigenvalue weighted by Gasteiger charge is -2.22. The van der Waals surface area contributed by atoms with Crippen molar-refractivity contribution in [1.29, 1.82) is 0 Å². The Morgan fingerprint density at radius 3 is 1.96 bits per heavy atom. The van der Waals surface area contributed by atoms with Gasteiger partial charge in [-0.1, -0.05) is 58.9 Å². The quantitative estimate of drug-likeness (QED) is 0.720. The molecule has 1 rings (SSSR count). The molecular formula is C19H32ClN3O2. The van der Waals surface area contributed by atoms with Crippen molar-refractivity contribution < 1.29 is 9.59 Å². The SMILES string of the molecule is CC(NC(=O)C(C)(C)C)C(=O)NCC(N)c1ccc(C(C)C)cc1.Cl. The Hall–Kier alpha value is -1.59. The van der Waals surface area contributed by atoms with Gasteiger partial charge in [0.25, 0.3) is 0 Å². The van der Waals surface area contributed by atoms with Crippen LogP contribution < -0.4 is 16.4 Å². The van der Waals surface area contributed by atoms with Crippen LogP contribution in [0, 0.1) is 5.41 Å². The maximum absolute atomic E-state index is 12.1. The zero-order valence-corrected chi connectivity index (χ0v) is 16.9. The van der Waals surface area contributed by atoms with E-state index in [9.17, 15) is 9.59 Å². The van der Waals surface area contributed by atoms with Crippen molar-refractivity contribution in [2.45, 2.75) is 59.5 Å². The lowest BCUT2D eigenvalue weighted by atomic mass is 9.95. The van der Waals surface area contributed by atoms with Crippen LogP contribution in [0.4, 0.5) is 0 Å². The fraction of sp³-hybridized carbons (Fsp3) is 0.579. The van der Waals surface area contributed by atoms with Crippen LogP contribution in [-0.4, -0.2) is 24.4 Å². The summed E-state index contributed by atoms with van der Waals surface area (Å²) in [4.78, 5) is 24.0. The van der Waals surface area contributed by atoms with Gasteiger partial charge in [0.2, 0.25) is 11.8 Å². The molecular weight excluding hydrogens is 338 g/mol. The maximum atomic E-state index is 12.1. The second-order valence-corrected chi connectivity index (χ2v) is 7.62. The number of amides is 2. The minimum atomic E-state index is -0.591. The number of nitrogens with one attached hydrogen (secondary N) is 2. The van der Waals surface area contributed by atoms with Crippen molar-refractivity contribution in [3.63, 3.8) is 0 Å². The van der Waals surface area contributed by atoms with Crippen molar-refractivity contribution >= 4 is 24.2 Å². The lowest BCUT2D eigenvalue weighted by Crippen LogP contribution is -2.49. The third-order valence-corrected chi connectivity index (χ3v) is 3.95. The van der Waals surface area contributed by atoms with E-state index in [1.807, 2.05) is 32.9 Å². The predicted molar refractivity (Wildman–Crippen MR) is 105 cm³/mol. The van der Waals surface area contributed by atoms with Gasteiger partial charge in [-0.15, -0.1) is 12.4 Å². The summed E-state index contributed by atoms with van der Waals surface area (Å²) in [7, 11) is 0. The van der Waals surface area contributed by atoms with E-state index in [1.165, 1.54) is 5.56 Å². The Labute approximate surface area is 157 Å². The van der Waals surface area contributed by atoms with Crippen LogP contribution in [0.5, 0.6) is 0 Å². The van der Waals surface area contributed by atoms with Gasteiger partial charge in [-0.05, 0) is 24.0 Å². The summed E-state index contributed by atoms with van der Waals surface area (Å²) in [5, 5.41) is 5.51. The monoisotopic (exact) mass is 369 g/mol. The molecule has 142 valence electrons. The summed E-state index contributed by atoms with van der Waals surface area (Å²) >= 11 is 0. The van der Waals surface area contributed by atoms with Gasteiger partial charge in [0, 0.05) is 18.0 Å². The smallest absolute Gasteiger partial charge is 0.242 e. The van der Waals surface area contributed by atoms with Gasteiger partial charge in [-0.25, -0.2) is 0 Å². The minimum absolute atomic E-state index is 0. The van der Waals surface area contributed by atoms with E-state index in [4.69, 9.17) is 5.73 Å². The highest BCUT2D eigenvalue weighted by atomic mass is 35.5. The summed E-state index contributed by atoms with van der Waals surface area (Å²) in [5.41, 5.74) is 7.85. The third kappa shape index (κ3) is 7.45. The number of halogens is 1. The van der Waals surface area contributed by atoms with E-state index in [-0.39, 0.29) is 30.3 Å². The molecule has 0 spiro atoms. The largest absolute Gasteiger partial charge is 0.352 e. The van der Waals surface area contributed by atoms with Crippen molar-refractivity contribution in [2.75, 3.05) is 6.54 Å². The highest BCUT2D eigenvalue weighted by Gasteiger charge is 2.25. The molecule has 25 heavy (non-hydrogen) atoms. The Kier molecular flexibility index (Phi) is 9.16. The van der Waals surface area contributed by atoms with Crippen molar-refractivity contribution in [3.8, 4) is 0 Å². The Balaban J connectivity index is 0.00000576. The minimum Gasteiger partial charge on any atom is -0.352 e. The zero-order chi connectivity index (χ0) is 18.5. The molecule has 1 aromatic rings. The molecule has 0 saturated carbocycles. The van der Waals surface area contributed by atoms with Gasteiger partial charge in [0.05, 0.1) is 0 Å². The van der Waals surface area contributed by atoms with Gasteiger partial charge in [0.15, 0.2) is 0 Å². The summed E-state index contributed by atoms with van der Waals surface area (Å²) in [6.07, 6.45) is 0. The van der Waals surface area contributed by atoms with Crippen LogP contribution in [0.2, 0.25) is 0 Å². The number of hydrogen-bond donors (Lipinski definition) is 3. The second-order valence-electron chi connectivity index (χ2n) is 7.62. The summed E-state index contributed by atoms with van der Waals surface area (Å²) in [6.45, 7) is 11.7. The highest BCUT2D eigenvalue weighted by molar-refractivity contribution is 5.89. The average molecular weight is 370 g/mol. The number of hydrogen-bond acceptors (Lipinski definition) is 3. The molecule has 6 heteroatoms. The number of rotatable bonds is 6. The highest BCUT2D eigenvalue weighted by Crippen LogP contribution is 2.17. The Morgan fingerprint density at radius 1 is 1.04 bits per heavy atom. The molecule has 0 radical (unpaired) electrons. The van der Waals surface area contributed by atoms with Gasteiger partial charge in [0.1, 0.15) is 6.04 Å². The first kappa shape index (κ1) is 23.4. The van der Waals surface area contributed by atoms with Gasteiger partial charge < -0.3 is 16.4 Å². The fourth-order valence-electron chi connectivity index (χ4n) is 2.09. The summed E-state index contributed by atoms with van der Waals surface area (Å²) in [5.74, 6) is 0.0860. The van der Waals surface area contributed by atoms with Crippen LogP contribution in [0.3, 0.4) is 0 Å². The van der Waals surface area contributed by atoms with Crippen molar-refractivity contribution in [3.05, 3.63) is 35.4 Å². The van der Waals surface area contributed by atoms with Crippen LogP contribution in [0.1, 0.15) is 64.6 Å². The maximum Gasteiger partial charge on any atom is 0.242 e. The molecule has 0 aliphatic carbocycles. The molecule has 2 amide bonds. The molecule has 2 unspecified atom stereocenters. The second kappa shape index (κ2) is 9.78. The Morgan fingerprint density at radius 2 is 1.52 bits per heavy atom. The van der Waals surface area contributed by atoms with E-state index >= 15 is 0 Å². The molecule has 0 aliphatic rings. The van der Waals surface area contributed by atoms with E-state index in [0.717, 1.165) is 5.56 Å². The van der Waals surface area contributed by atoms with Crippen LogP contribution in [0.15, 0.2) is 24.3 Å². The molecule has 0 aromatic heterocycles. The summed E-state index contributed by atoms with van der Waals surface area (Å²) < 4.78 is 0. The van der Waals surface area contributed by atoms with Crippen molar-refractivity contribution in [1.82, 2.24) is 10.6 Å². The first-order chi connectivity index (χ1) is 11.0. The number of carbonyl (C=O) groups excluding carboxylic acids is 2. The van der Waals surface area contributed by atoms with E-state index in [0.29, 0.717) is 12.5 Å². The first-order valence-corrected chi connectivity index (χ1v) is 8.46. The first-order valence-electron chi connectivity index (χ1n) is 8.46. The van der Waals surface area contributed by atoms with E-state index < -0.39 is 11.5 Å². The predicted octanol–water partition coefficient (Wildman–Crippen LogP) is 2.90. The van der Waals surface area contributed by atoms with Crippen LogP contribution in [0.25, 0.3) is 0 Å². The zero-order valence-electron chi connectivity index (χ0n) is 16.1. The Bertz CT molecular complexity index is 565. The third-order valence-electron chi connectivity index (χ3n) is 3.95. The molecule has 0 aliphatic heterocycles. The topological polar surface area (TPSA) is 84.2 Å². The van der Waals surface area contributed by atoms with Gasteiger partial charge in [-0.3, -0.25) is 9.59 Å². The van der Waals surface area contributed by atoms with E-state index in [2.05, 4.69) is 36.6 Å². The summed E-state index contributed by atoms with van der Waals surface area (Å²) in [6, 6.07) is 7.25. The molecule has 0 fully saturated rings. The van der Waals surface area contributed by atoms with Gasteiger partial charge in [-0.2, -0.15) is 0 Å². The molecule has 5 nitrogen and oxygen atoms in total. The molecule has 0 saturated heterocycles. The molecule has 0 heterocycles. The average Bonchev–Trinajstić information content (AvgIpc) is 2.51. The lowest BCUT2D eigenvalue weighted by molar-refractivity contribution is -0.133. The standard InChI is InChI=1S/C19H31N3O2.ClH/c1-12(2)14-7-9-15(10-8-14)16(20)11-21-17(23)13(3)22-18(24)19(4,5)6;/h7-10,12-13,16H,11,20H2,1-6H3,(H,21,23)(H,22,24);1H. The fourth-order valence-corrected chi connectivity index (χ4v) is 2.09. The molecule has 4 N–H and O–H groups in total. The molecule has 0 bridgehead atoms. The van der Waals surface area contributed by atoms with Crippen molar-refractivity contribution in [2.24, 2.45) is 11.1 Å². The van der Waals surface area contributed by atoms with Crippen LogP contribution >= 0.6 is 12.4 Å². The molecule has 1 aromatic carbocycles. The number of nitrogens with two attached hydrogens (primary N) is 1. The van der Waals surface area contributed by atoms with E-state index in [1.54, 1.807) is 6.92 Å². The van der Waals surface area contributed by atoms with Crippen LogP contribution in [-0.2, 0) is 9.59 Å². The van der Waals surface area contributed by atoms with Gasteiger partial charge >= 0.3 is 0 Å². The number of carbonyl (C=O) groups is 2.